The van der Waals surface area contributed by atoms with Crippen LogP contribution in [0.4, 0.5) is 5.69 Å². The third-order valence-corrected chi connectivity index (χ3v) is 5.10. The van der Waals surface area contributed by atoms with E-state index in [0.717, 1.165) is 23.3 Å². The number of nitrogens with zero attached hydrogens (tertiary/aromatic N) is 2. The number of benzene rings is 1. The summed E-state index contributed by atoms with van der Waals surface area (Å²) in [7, 11) is 0. The average molecular weight is 383 g/mol. The summed E-state index contributed by atoms with van der Waals surface area (Å²) < 4.78 is 4.91. The van der Waals surface area contributed by atoms with Gasteiger partial charge < -0.3 is 10.1 Å². The van der Waals surface area contributed by atoms with E-state index in [4.69, 9.17) is 10.00 Å². The SMILES string of the molecule is N#CCc1ccc(NC(=O)COC(=O)CN2C(=O)[C@H]3CCCC[C@@H]3C2=O)cc1. The molecule has 3 amide bonds. The Hall–Kier alpha value is -3.21. The molecule has 1 aromatic carbocycles. The molecule has 1 saturated carbocycles. The van der Waals surface area contributed by atoms with Gasteiger partial charge in [0.15, 0.2) is 6.61 Å². The van der Waals surface area contributed by atoms with Crippen LogP contribution in [0.3, 0.4) is 0 Å². The Morgan fingerprint density at radius 1 is 1.11 bits per heavy atom. The number of fused-ring (bicyclic) bond motifs is 1. The van der Waals surface area contributed by atoms with Gasteiger partial charge in [-0.25, -0.2) is 0 Å². The number of nitrogens with one attached hydrogen (secondary N) is 1. The Bertz CT molecular complexity index is 803. The molecule has 28 heavy (non-hydrogen) atoms. The van der Waals surface area contributed by atoms with E-state index < -0.39 is 25.0 Å². The lowest BCUT2D eigenvalue weighted by Gasteiger charge is -2.19. The summed E-state index contributed by atoms with van der Waals surface area (Å²) in [4.78, 5) is 49.5. The number of ether oxygens (including phenoxy) is 1. The minimum absolute atomic E-state index is 0.279. The van der Waals surface area contributed by atoms with Crippen molar-refractivity contribution in [3.8, 4) is 6.07 Å². The Morgan fingerprint density at radius 2 is 1.71 bits per heavy atom. The van der Waals surface area contributed by atoms with Crippen LogP contribution in [0.1, 0.15) is 31.2 Å². The van der Waals surface area contributed by atoms with Crippen molar-refractivity contribution < 1.29 is 23.9 Å². The van der Waals surface area contributed by atoms with E-state index in [-0.39, 0.29) is 30.1 Å². The number of hydrogen-bond donors (Lipinski definition) is 1. The first-order chi connectivity index (χ1) is 13.5. The van der Waals surface area contributed by atoms with Crippen molar-refractivity contribution >= 4 is 29.4 Å². The first-order valence-electron chi connectivity index (χ1n) is 9.26. The zero-order valence-electron chi connectivity index (χ0n) is 15.3. The lowest BCUT2D eigenvalue weighted by molar-refractivity contribution is -0.154. The number of anilines is 1. The lowest BCUT2D eigenvalue weighted by Crippen LogP contribution is -2.37. The van der Waals surface area contributed by atoms with E-state index in [1.807, 2.05) is 6.07 Å². The molecule has 8 heteroatoms. The van der Waals surface area contributed by atoms with Gasteiger partial charge in [-0.2, -0.15) is 5.26 Å². The molecule has 2 atom stereocenters. The van der Waals surface area contributed by atoms with Gasteiger partial charge >= 0.3 is 5.97 Å². The topological polar surface area (TPSA) is 117 Å². The van der Waals surface area contributed by atoms with E-state index in [0.29, 0.717) is 18.5 Å². The quantitative estimate of drug-likeness (QED) is 0.586. The predicted molar refractivity (Wildman–Crippen MR) is 97.5 cm³/mol. The molecule has 0 radical (unpaired) electrons. The van der Waals surface area contributed by atoms with Crippen molar-refractivity contribution in [3.63, 3.8) is 0 Å². The van der Waals surface area contributed by atoms with E-state index in [2.05, 4.69) is 5.32 Å². The van der Waals surface area contributed by atoms with Crippen molar-refractivity contribution in [1.82, 2.24) is 4.90 Å². The van der Waals surface area contributed by atoms with Crippen molar-refractivity contribution in [2.45, 2.75) is 32.1 Å². The molecule has 1 aliphatic heterocycles. The minimum atomic E-state index is -0.792. The first-order valence-corrected chi connectivity index (χ1v) is 9.26. The minimum Gasteiger partial charge on any atom is -0.454 e. The predicted octanol–water partition coefficient (Wildman–Crippen LogP) is 1.41. The summed E-state index contributed by atoms with van der Waals surface area (Å²) in [6, 6.07) is 8.76. The Balaban J connectivity index is 1.46. The molecular weight excluding hydrogens is 362 g/mol. The fourth-order valence-corrected chi connectivity index (χ4v) is 3.70. The standard InChI is InChI=1S/C20H21N3O5/c21-10-9-13-5-7-14(8-6-13)22-17(24)12-28-18(25)11-23-19(26)15-3-1-2-4-16(15)20(23)27/h5-8,15-16H,1-4,9,11-12H2,(H,22,24)/t15-,16-/m0/s1. The summed E-state index contributed by atoms with van der Waals surface area (Å²) in [5.41, 5.74) is 1.34. The Kier molecular flexibility index (Phi) is 6.04. The summed E-state index contributed by atoms with van der Waals surface area (Å²) >= 11 is 0. The number of imide groups is 1. The molecule has 8 nitrogen and oxygen atoms in total. The van der Waals surface area contributed by atoms with Gasteiger partial charge in [0, 0.05) is 5.69 Å². The van der Waals surface area contributed by atoms with Crippen molar-refractivity contribution in [2.75, 3.05) is 18.5 Å². The monoisotopic (exact) mass is 383 g/mol. The van der Waals surface area contributed by atoms with Crippen LogP contribution in [0.2, 0.25) is 0 Å². The smallest absolute Gasteiger partial charge is 0.326 e. The molecule has 1 aliphatic carbocycles. The number of carbonyl (C=O) groups excluding carboxylic acids is 4. The largest absolute Gasteiger partial charge is 0.454 e. The second-order valence-corrected chi connectivity index (χ2v) is 7.00. The molecule has 1 saturated heterocycles. The number of rotatable bonds is 6. The number of amides is 3. The summed E-state index contributed by atoms with van der Waals surface area (Å²) in [6.07, 6.45) is 3.46. The zero-order valence-corrected chi connectivity index (χ0v) is 15.3. The molecule has 0 unspecified atom stereocenters. The third kappa shape index (κ3) is 4.36. The van der Waals surface area contributed by atoms with Gasteiger partial charge in [-0.3, -0.25) is 24.1 Å². The fraction of sp³-hybridized carbons (Fsp3) is 0.450. The van der Waals surface area contributed by atoms with Crippen LogP contribution in [0, 0.1) is 23.2 Å². The number of carbonyl (C=O) groups is 4. The number of hydrogen-bond acceptors (Lipinski definition) is 6. The second kappa shape index (κ2) is 8.65. The van der Waals surface area contributed by atoms with Crippen LogP contribution in [0.5, 0.6) is 0 Å². The molecule has 1 aromatic rings. The molecular formula is C20H21N3O5. The zero-order chi connectivity index (χ0) is 20.1. The molecule has 2 fully saturated rings. The molecule has 1 N–H and O–H groups in total. The van der Waals surface area contributed by atoms with E-state index >= 15 is 0 Å². The average Bonchev–Trinajstić information content (AvgIpc) is 2.93. The van der Waals surface area contributed by atoms with Crippen molar-refractivity contribution in [2.24, 2.45) is 11.8 Å². The molecule has 2 aliphatic rings. The van der Waals surface area contributed by atoms with Crippen LogP contribution in [0.15, 0.2) is 24.3 Å². The molecule has 0 aromatic heterocycles. The van der Waals surface area contributed by atoms with Gasteiger partial charge in [-0.1, -0.05) is 25.0 Å². The lowest BCUT2D eigenvalue weighted by atomic mass is 9.81. The number of likely N-dealkylation sites (tertiary alicyclic amines) is 1. The molecule has 1 heterocycles. The highest BCUT2D eigenvalue weighted by molar-refractivity contribution is 6.07. The number of nitriles is 1. The second-order valence-electron chi connectivity index (χ2n) is 7.00. The van der Waals surface area contributed by atoms with E-state index in [9.17, 15) is 19.2 Å². The molecule has 3 rings (SSSR count). The van der Waals surface area contributed by atoms with Gasteiger partial charge in [0.1, 0.15) is 6.54 Å². The maximum atomic E-state index is 12.3. The normalized spacial score (nSPS) is 21.0. The highest BCUT2D eigenvalue weighted by Gasteiger charge is 2.48. The molecule has 0 spiro atoms. The van der Waals surface area contributed by atoms with Gasteiger partial charge in [0.25, 0.3) is 5.91 Å². The Labute approximate surface area is 162 Å². The first kappa shape index (κ1) is 19.5. The summed E-state index contributed by atoms with van der Waals surface area (Å²) in [5.74, 6) is -2.58. The third-order valence-electron chi connectivity index (χ3n) is 5.10. The maximum Gasteiger partial charge on any atom is 0.326 e. The number of esters is 1. The summed E-state index contributed by atoms with van der Waals surface area (Å²) in [6.45, 7) is -0.970. The molecule has 0 bridgehead atoms. The van der Waals surface area contributed by atoms with Crippen LogP contribution in [-0.2, 0) is 30.3 Å². The van der Waals surface area contributed by atoms with Crippen LogP contribution < -0.4 is 5.32 Å². The van der Waals surface area contributed by atoms with Gasteiger partial charge in [0.2, 0.25) is 11.8 Å². The van der Waals surface area contributed by atoms with Crippen molar-refractivity contribution in [1.29, 1.82) is 5.26 Å². The van der Waals surface area contributed by atoms with E-state index in [1.165, 1.54) is 0 Å². The van der Waals surface area contributed by atoms with E-state index in [1.54, 1.807) is 24.3 Å². The fourth-order valence-electron chi connectivity index (χ4n) is 3.70. The highest BCUT2D eigenvalue weighted by atomic mass is 16.5. The van der Waals surface area contributed by atoms with Crippen LogP contribution in [0.25, 0.3) is 0 Å². The Morgan fingerprint density at radius 3 is 2.29 bits per heavy atom. The molecule has 146 valence electrons. The van der Waals surface area contributed by atoms with Crippen LogP contribution in [-0.4, -0.2) is 41.7 Å². The van der Waals surface area contributed by atoms with Crippen molar-refractivity contribution in [3.05, 3.63) is 29.8 Å². The maximum absolute atomic E-state index is 12.3. The van der Waals surface area contributed by atoms with Gasteiger partial charge in [0.05, 0.1) is 24.3 Å². The van der Waals surface area contributed by atoms with Gasteiger partial charge in [-0.05, 0) is 30.5 Å². The summed E-state index contributed by atoms with van der Waals surface area (Å²) in [5, 5.41) is 11.2. The highest BCUT2D eigenvalue weighted by Crippen LogP contribution is 2.37. The van der Waals surface area contributed by atoms with Crippen LogP contribution >= 0.6 is 0 Å². The van der Waals surface area contributed by atoms with Gasteiger partial charge in [-0.15, -0.1) is 0 Å².